The minimum Gasteiger partial charge on any atom is -0.393 e. The molecule has 0 amide bonds. The third kappa shape index (κ3) is 1.93. The molecule has 2 bridgehead atoms. The molecule has 0 spiro atoms. The van der Waals surface area contributed by atoms with Gasteiger partial charge in [-0.05, 0) is 39.2 Å². The Labute approximate surface area is 85.1 Å². The number of nitrogens with two attached hydrogens (primary N) is 1. The standard InChI is InChI=1S/C9H16O3.CH5N/c10-6-8-2-1-3-9(7-11,12-8)5-4-8;1-2/h10-11H,1-7H2;2H2,1H3/t8-,9?;/m0./s1. The fourth-order valence-corrected chi connectivity index (χ4v) is 2.48. The number of rotatable bonds is 2. The first-order valence-corrected chi connectivity index (χ1v) is 5.24. The summed E-state index contributed by atoms with van der Waals surface area (Å²) < 4.78 is 5.77. The molecule has 0 aromatic rings. The third-order valence-corrected chi connectivity index (χ3v) is 3.31. The molecule has 0 radical (unpaired) electrons. The van der Waals surface area contributed by atoms with E-state index in [2.05, 4.69) is 5.73 Å². The van der Waals surface area contributed by atoms with E-state index in [1.807, 2.05) is 0 Å². The van der Waals surface area contributed by atoms with Crippen molar-refractivity contribution in [1.29, 1.82) is 0 Å². The van der Waals surface area contributed by atoms with Gasteiger partial charge in [0.25, 0.3) is 0 Å². The normalized spacial score (nSPS) is 40.3. The van der Waals surface area contributed by atoms with Crippen molar-refractivity contribution in [2.75, 3.05) is 20.3 Å². The monoisotopic (exact) mass is 203 g/mol. The Bertz CT molecular complexity index is 170. The van der Waals surface area contributed by atoms with Crippen LogP contribution in [-0.2, 0) is 4.74 Å². The molecule has 14 heavy (non-hydrogen) atoms. The maximum absolute atomic E-state index is 9.17. The highest BCUT2D eigenvalue weighted by atomic mass is 16.6. The predicted octanol–water partition coefficient (Wildman–Crippen LogP) is 0.0178. The molecule has 2 heterocycles. The van der Waals surface area contributed by atoms with E-state index in [0.717, 1.165) is 32.1 Å². The van der Waals surface area contributed by atoms with E-state index in [1.165, 1.54) is 7.05 Å². The zero-order valence-corrected chi connectivity index (χ0v) is 8.83. The van der Waals surface area contributed by atoms with E-state index in [4.69, 9.17) is 4.74 Å². The Kier molecular flexibility index (Phi) is 3.89. The molecule has 4 N–H and O–H groups in total. The van der Waals surface area contributed by atoms with Gasteiger partial charge in [-0.1, -0.05) is 0 Å². The van der Waals surface area contributed by atoms with Gasteiger partial charge in [0.1, 0.15) is 0 Å². The molecular weight excluding hydrogens is 182 g/mol. The Balaban J connectivity index is 0.000000461. The van der Waals surface area contributed by atoms with Gasteiger partial charge in [0.05, 0.1) is 24.4 Å². The SMILES string of the molecule is CN.OCC12CCC[C@@](CO)(CC1)O2. The van der Waals surface area contributed by atoms with E-state index in [0.29, 0.717) is 0 Å². The Morgan fingerprint density at radius 1 is 1.00 bits per heavy atom. The van der Waals surface area contributed by atoms with Crippen LogP contribution in [0.1, 0.15) is 32.1 Å². The van der Waals surface area contributed by atoms with Gasteiger partial charge in [0.2, 0.25) is 0 Å². The maximum atomic E-state index is 9.17. The van der Waals surface area contributed by atoms with Crippen LogP contribution in [0.25, 0.3) is 0 Å². The molecule has 0 aliphatic carbocycles. The topological polar surface area (TPSA) is 75.7 Å². The van der Waals surface area contributed by atoms with Gasteiger partial charge in [-0.3, -0.25) is 0 Å². The molecule has 2 rings (SSSR count). The van der Waals surface area contributed by atoms with Gasteiger partial charge < -0.3 is 20.7 Å². The fraction of sp³-hybridized carbons (Fsp3) is 1.00. The Hall–Kier alpha value is -0.160. The van der Waals surface area contributed by atoms with Crippen LogP contribution in [0.3, 0.4) is 0 Å². The molecule has 2 atom stereocenters. The summed E-state index contributed by atoms with van der Waals surface area (Å²) in [4.78, 5) is 0. The van der Waals surface area contributed by atoms with Crippen molar-refractivity contribution in [1.82, 2.24) is 0 Å². The van der Waals surface area contributed by atoms with Crippen molar-refractivity contribution in [2.45, 2.75) is 43.3 Å². The van der Waals surface area contributed by atoms with E-state index >= 15 is 0 Å². The lowest BCUT2D eigenvalue weighted by atomic mass is 9.94. The fourth-order valence-electron chi connectivity index (χ4n) is 2.48. The van der Waals surface area contributed by atoms with Crippen LogP contribution in [0.2, 0.25) is 0 Å². The quantitative estimate of drug-likeness (QED) is 0.591. The first-order chi connectivity index (χ1) is 6.74. The molecule has 1 unspecified atom stereocenters. The lowest BCUT2D eigenvalue weighted by molar-refractivity contribution is -0.171. The van der Waals surface area contributed by atoms with Gasteiger partial charge in [-0.25, -0.2) is 0 Å². The third-order valence-electron chi connectivity index (χ3n) is 3.31. The smallest absolute Gasteiger partial charge is 0.0921 e. The number of fused-ring (bicyclic) bond motifs is 2. The van der Waals surface area contributed by atoms with Gasteiger partial charge in [-0.2, -0.15) is 0 Å². The summed E-state index contributed by atoms with van der Waals surface area (Å²) in [5.74, 6) is 0. The summed E-state index contributed by atoms with van der Waals surface area (Å²) in [5, 5.41) is 18.3. The zero-order valence-electron chi connectivity index (χ0n) is 8.83. The Morgan fingerprint density at radius 3 is 1.79 bits per heavy atom. The molecule has 0 aromatic heterocycles. The summed E-state index contributed by atoms with van der Waals surface area (Å²) in [6.07, 6.45) is 4.78. The minimum atomic E-state index is -0.305. The molecule has 2 aliphatic rings. The second kappa shape index (κ2) is 4.57. The van der Waals surface area contributed by atoms with Crippen LogP contribution in [0.15, 0.2) is 0 Å². The van der Waals surface area contributed by atoms with Crippen molar-refractivity contribution < 1.29 is 14.9 Å². The molecule has 84 valence electrons. The average molecular weight is 203 g/mol. The lowest BCUT2D eigenvalue weighted by Gasteiger charge is -2.38. The van der Waals surface area contributed by atoms with Crippen molar-refractivity contribution in [3.63, 3.8) is 0 Å². The first kappa shape index (κ1) is 11.9. The largest absolute Gasteiger partial charge is 0.393 e. The van der Waals surface area contributed by atoms with E-state index in [1.54, 1.807) is 0 Å². The molecule has 2 fully saturated rings. The maximum Gasteiger partial charge on any atom is 0.0921 e. The number of aliphatic hydroxyl groups is 2. The van der Waals surface area contributed by atoms with Crippen LogP contribution in [0.4, 0.5) is 0 Å². The van der Waals surface area contributed by atoms with Crippen LogP contribution in [0, 0.1) is 0 Å². The lowest BCUT2D eigenvalue weighted by Crippen LogP contribution is -2.44. The van der Waals surface area contributed by atoms with Crippen molar-refractivity contribution in [3.05, 3.63) is 0 Å². The molecule has 0 saturated carbocycles. The second-order valence-electron chi connectivity index (χ2n) is 4.14. The summed E-state index contributed by atoms with van der Waals surface area (Å²) in [7, 11) is 1.50. The van der Waals surface area contributed by atoms with E-state index < -0.39 is 0 Å². The van der Waals surface area contributed by atoms with Crippen molar-refractivity contribution in [3.8, 4) is 0 Å². The number of hydrogen-bond donors (Lipinski definition) is 3. The highest BCUT2D eigenvalue weighted by molar-refractivity contribution is 5.01. The molecular formula is C10H21NO3. The average Bonchev–Trinajstić information content (AvgIpc) is 2.55. The number of hydrogen-bond acceptors (Lipinski definition) is 4. The van der Waals surface area contributed by atoms with Gasteiger partial charge >= 0.3 is 0 Å². The molecule has 0 aromatic carbocycles. The summed E-state index contributed by atoms with van der Waals surface area (Å²) in [5.41, 5.74) is 3.89. The van der Waals surface area contributed by atoms with Crippen LogP contribution < -0.4 is 5.73 Å². The van der Waals surface area contributed by atoms with Crippen molar-refractivity contribution >= 4 is 0 Å². The van der Waals surface area contributed by atoms with Crippen molar-refractivity contribution in [2.24, 2.45) is 5.73 Å². The van der Waals surface area contributed by atoms with E-state index in [9.17, 15) is 10.2 Å². The van der Waals surface area contributed by atoms with Gasteiger partial charge in [0.15, 0.2) is 0 Å². The molecule has 2 saturated heterocycles. The summed E-state index contributed by atoms with van der Waals surface area (Å²) in [6, 6.07) is 0. The molecule has 2 aliphatic heterocycles. The molecule has 4 heteroatoms. The number of aliphatic hydroxyl groups excluding tert-OH is 2. The highest BCUT2D eigenvalue weighted by Gasteiger charge is 2.51. The van der Waals surface area contributed by atoms with Crippen LogP contribution in [0.5, 0.6) is 0 Å². The van der Waals surface area contributed by atoms with Gasteiger partial charge in [0, 0.05) is 0 Å². The number of ether oxygens (including phenoxy) is 1. The highest BCUT2D eigenvalue weighted by Crippen LogP contribution is 2.47. The molecule has 4 nitrogen and oxygen atoms in total. The van der Waals surface area contributed by atoms with Crippen LogP contribution in [-0.4, -0.2) is 41.7 Å². The second-order valence-corrected chi connectivity index (χ2v) is 4.14. The minimum absolute atomic E-state index is 0.106. The van der Waals surface area contributed by atoms with E-state index in [-0.39, 0.29) is 24.4 Å². The van der Waals surface area contributed by atoms with Gasteiger partial charge in [-0.15, -0.1) is 0 Å². The van der Waals surface area contributed by atoms with Crippen LogP contribution >= 0.6 is 0 Å². The summed E-state index contributed by atoms with van der Waals surface area (Å²) in [6.45, 7) is 0.212. The summed E-state index contributed by atoms with van der Waals surface area (Å²) >= 11 is 0. The predicted molar refractivity (Wildman–Crippen MR) is 53.9 cm³/mol. The Morgan fingerprint density at radius 2 is 1.43 bits per heavy atom. The zero-order chi connectivity index (χ0) is 10.7. The first-order valence-electron chi connectivity index (χ1n) is 5.24.